The van der Waals surface area contributed by atoms with Crippen LogP contribution in [0.15, 0.2) is 35.3 Å². The monoisotopic (exact) mass is 413 g/mol. The number of amides is 1. The third kappa shape index (κ3) is 3.02. The van der Waals surface area contributed by atoms with Crippen molar-refractivity contribution in [1.82, 2.24) is 14.9 Å². The zero-order chi connectivity index (χ0) is 21.6. The summed E-state index contributed by atoms with van der Waals surface area (Å²) in [6, 6.07) is 5.69. The molecule has 154 valence electrons. The number of benzene rings is 1. The highest BCUT2D eigenvalue weighted by molar-refractivity contribution is 6.02. The minimum Gasteiger partial charge on any atom is -0.505 e. The SMILES string of the molecule is CNC(=O)c1c(O)c2ncc(Cc3ccc(F)cc3)c3c2n(c1=O)CC(C(=O)O)O3. The third-order valence-electron chi connectivity index (χ3n) is 4.92. The van der Waals surface area contributed by atoms with Crippen molar-refractivity contribution >= 4 is 22.9 Å². The lowest BCUT2D eigenvalue weighted by molar-refractivity contribution is -0.146. The number of halogens is 1. The predicted molar refractivity (Wildman–Crippen MR) is 102 cm³/mol. The molecular formula is C20H16FN3O6. The van der Waals surface area contributed by atoms with Gasteiger partial charge in [-0.1, -0.05) is 12.1 Å². The van der Waals surface area contributed by atoms with Gasteiger partial charge in [-0.2, -0.15) is 0 Å². The second kappa shape index (κ2) is 7.14. The molecule has 1 amide bonds. The fourth-order valence-corrected chi connectivity index (χ4v) is 3.46. The first kappa shape index (κ1) is 19.4. The summed E-state index contributed by atoms with van der Waals surface area (Å²) in [5.41, 5.74) is -0.191. The van der Waals surface area contributed by atoms with Crippen LogP contribution in [0.25, 0.3) is 11.0 Å². The molecule has 4 rings (SSSR count). The van der Waals surface area contributed by atoms with Crippen LogP contribution in [-0.2, 0) is 17.8 Å². The van der Waals surface area contributed by atoms with Gasteiger partial charge in [0, 0.05) is 25.2 Å². The lowest BCUT2D eigenvalue weighted by atomic mass is 10.0. The molecule has 0 radical (unpaired) electrons. The zero-order valence-corrected chi connectivity index (χ0v) is 15.7. The summed E-state index contributed by atoms with van der Waals surface area (Å²) in [7, 11) is 1.30. The highest BCUT2D eigenvalue weighted by atomic mass is 19.1. The van der Waals surface area contributed by atoms with Crippen LogP contribution in [-0.4, -0.2) is 44.8 Å². The Bertz CT molecular complexity index is 1250. The number of ether oxygens (including phenoxy) is 1. The van der Waals surface area contributed by atoms with Gasteiger partial charge < -0.3 is 20.3 Å². The predicted octanol–water partition coefficient (Wildman–Crippen LogP) is 1.04. The van der Waals surface area contributed by atoms with Crippen molar-refractivity contribution in [3.05, 3.63) is 63.3 Å². The Labute approximate surface area is 168 Å². The number of rotatable bonds is 4. The van der Waals surface area contributed by atoms with Crippen LogP contribution in [0.1, 0.15) is 21.5 Å². The molecule has 3 aromatic rings. The van der Waals surface area contributed by atoms with Crippen LogP contribution in [0.5, 0.6) is 11.5 Å². The van der Waals surface area contributed by atoms with Crippen molar-refractivity contribution < 1.29 is 28.9 Å². The Hall–Kier alpha value is -3.95. The topological polar surface area (TPSA) is 131 Å². The van der Waals surface area contributed by atoms with Crippen LogP contribution in [0.3, 0.4) is 0 Å². The van der Waals surface area contributed by atoms with E-state index < -0.39 is 40.7 Å². The van der Waals surface area contributed by atoms with Crippen molar-refractivity contribution in [1.29, 1.82) is 0 Å². The van der Waals surface area contributed by atoms with Gasteiger partial charge in [0.2, 0.25) is 6.10 Å². The van der Waals surface area contributed by atoms with Crippen molar-refractivity contribution in [2.75, 3.05) is 7.05 Å². The molecule has 0 spiro atoms. The molecule has 30 heavy (non-hydrogen) atoms. The number of hydrogen-bond donors (Lipinski definition) is 3. The molecule has 0 saturated carbocycles. The zero-order valence-electron chi connectivity index (χ0n) is 15.7. The Kier molecular flexibility index (Phi) is 4.61. The smallest absolute Gasteiger partial charge is 0.346 e. The highest BCUT2D eigenvalue weighted by Gasteiger charge is 2.34. The van der Waals surface area contributed by atoms with E-state index >= 15 is 0 Å². The molecule has 1 aromatic carbocycles. The van der Waals surface area contributed by atoms with Crippen LogP contribution in [0.2, 0.25) is 0 Å². The van der Waals surface area contributed by atoms with Crippen molar-refractivity contribution in [3.63, 3.8) is 0 Å². The normalized spacial score (nSPS) is 14.9. The maximum Gasteiger partial charge on any atom is 0.346 e. The minimum atomic E-state index is -1.38. The first-order valence-corrected chi connectivity index (χ1v) is 8.95. The van der Waals surface area contributed by atoms with Crippen LogP contribution in [0.4, 0.5) is 4.39 Å². The Morgan fingerprint density at radius 2 is 2.03 bits per heavy atom. The van der Waals surface area contributed by atoms with Gasteiger partial charge in [0.25, 0.3) is 11.5 Å². The quantitative estimate of drug-likeness (QED) is 0.582. The van der Waals surface area contributed by atoms with Crippen molar-refractivity contribution in [3.8, 4) is 11.5 Å². The maximum atomic E-state index is 13.2. The number of carboxylic acid groups (broad SMARTS) is 1. The summed E-state index contributed by atoms with van der Waals surface area (Å²) >= 11 is 0. The second-order valence-electron chi connectivity index (χ2n) is 6.78. The molecule has 0 saturated heterocycles. The van der Waals surface area contributed by atoms with Gasteiger partial charge in [0.15, 0.2) is 11.5 Å². The van der Waals surface area contributed by atoms with Gasteiger partial charge in [-0.05, 0) is 17.7 Å². The van der Waals surface area contributed by atoms with E-state index in [9.17, 15) is 29.0 Å². The van der Waals surface area contributed by atoms with E-state index in [1.807, 2.05) is 0 Å². The molecule has 10 heteroatoms. The Morgan fingerprint density at radius 3 is 2.67 bits per heavy atom. The molecule has 3 N–H and O–H groups in total. The maximum absolute atomic E-state index is 13.2. The number of carbonyl (C=O) groups excluding carboxylic acids is 1. The molecule has 0 bridgehead atoms. The summed E-state index contributed by atoms with van der Waals surface area (Å²) in [5.74, 6) is -3.06. The number of hydrogen-bond acceptors (Lipinski definition) is 6. The average molecular weight is 413 g/mol. The van der Waals surface area contributed by atoms with E-state index in [2.05, 4.69) is 10.3 Å². The molecule has 1 aliphatic heterocycles. The van der Waals surface area contributed by atoms with E-state index in [0.29, 0.717) is 11.1 Å². The summed E-state index contributed by atoms with van der Waals surface area (Å²) in [6.07, 6.45) is 0.208. The molecule has 1 atom stereocenters. The number of carbonyl (C=O) groups is 2. The fraction of sp³-hybridized carbons (Fsp3) is 0.200. The van der Waals surface area contributed by atoms with E-state index in [0.717, 1.165) is 4.57 Å². The standard InChI is InChI=1S/C20H16FN3O6/c1-22-18(26)13-16(25)14-15-17(30-12(20(28)29)8-24(15)19(13)27)10(7-23-14)6-9-2-4-11(21)5-3-9/h2-5,7,12,25H,6,8H2,1H3,(H,22,26)(H,28,29). The van der Waals surface area contributed by atoms with E-state index in [4.69, 9.17) is 4.74 Å². The summed E-state index contributed by atoms with van der Waals surface area (Å²) in [5, 5.41) is 22.3. The summed E-state index contributed by atoms with van der Waals surface area (Å²) in [6.45, 7) is -0.358. The number of nitrogens with zero attached hydrogens (tertiary/aromatic N) is 2. The number of aliphatic carboxylic acids is 1. The first-order valence-electron chi connectivity index (χ1n) is 8.95. The summed E-state index contributed by atoms with van der Waals surface area (Å²) < 4.78 is 19.9. The fourth-order valence-electron chi connectivity index (χ4n) is 3.46. The van der Waals surface area contributed by atoms with E-state index in [-0.39, 0.29) is 29.7 Å². The van der Waals surface area contributed by atoms with Crippen LogP contribution >= 0.6 is 0 Å². The van der Waals surface area contributed by atoms with Gasteiger partial charge in [-0.3, -0.25) is 19.1 Å². The lowest BCUT2D eigenvalue weighted by Crippen LogP contribution is -2.42. The van der Waals surface area contributed by atoms with Gasteiger partial charge >= 0.3 is 5.97 Å². The average Bonchev–Trinajstić information content (AvgIpc) is 2.73. The number of nitrogens with one attached hydrogen (secondary N) is 1. The number of carboxylic acids is 1. The molecule has 3 heterocycles. The van der Waals surface area contributed by atoms with Gasteiger partial charge in [-0.25, -0.2) is 9.18 Å². The van der Waals surface area contributed by atoms with E-state index in [1.54, 1.807) is 12.1 Å². The molecule has 2 aromatic heterocycles. The third-order valence-corrected chi connectivity index (χ3v) is 4.92. The second-order valence-corrected chi connectivity index (χ2v) is 6.78. The Morgan fingerprint density at radius 1 is 1.33 bits per heavy atom. The number of aromatic nitrogens is 2. The van der Waals surface area contributed by atoms with Crippen molar-refractivity contribution in [2.24, 2.45) is 0 Å². The molecule has 0 aliphatic carbocycles. The van der Waals surface area contributed by atoms with E-state index in [1.165, 1.54) is 25.4 Å². The first-order chi connectivity index (χ1) is 14.3. The van der Waals surface area contributed by atoms with Gasteiger partial charge in [0.05, 0.1) is 6.54 Å². The molecule has 1 aliphatic rings. The Balaban J connectivity index is 1.98. The molecule has 0 fully saturated rings. The molecule has 1 unspecified atom stereocenters. The highest BCUT2D eigenvalue weighted by Crippen LogP contribution is 2.37. The minimum absolute atomic E-state index is 0.0603. The number of aromatic hydroxyl groups is 1. The largest absolute Gasteiger partial charge is 0.505 e. The summed E-state index contributed by atoms with van der Waals surface area (Å²) in [4.78, 5) is 40.9. The van der Waals surface area contributed by atoms with Gasteiger partial charge in [0.1, 0.15) is 22.4 Å². The van der Waals surface area contributed by atoms with Gasteiger partial charge in [-0.15, -0.1) is 0 Å². The number of pyridine rings is 2. The van der Waals surface area contributed by atoms with Crippen LogP contribution in [0, 0.1) is 5.82 Å². The van der Waals surface area contributed by atoms with Crippen LogP contribution < -0.4 is 15.6 Å². The van der Waals surface area contributed by atoms with Crippen molar-refractivity contribution in [2.45, 2.75) is 19.1 Å². The lowest BCUT2D eigenvalue weighted by Gasteiger charge is -2.27. The molecule has 9 nitrogen and oxygen atoms in total. The molecular weight excluding hydrogens is 397 g/mol.